The van der Waals surface area contributed by atoms with Crippen LogP contribution in [0.4, 0.5) is 0 Å². The number of phenolic OH excluding ortho intramolecular Hbond substituents is 1. The fourth-order valence-corrected chi connectivity index (χ4v) is 3.74. The number of fused-ring (bicyclic) bond motifs is 1. The smallest absolute Gasteiger partial charge is 0.189 e. The summed E-state index contributed by atoms with van der Waals surface area (Å²) in [5.74, 6) is 0.497. The molecule has 142 valence electrons. The number of hydrogen-bond donors (Lipinski definition) is 1. The lowest BCUT2D eigenvalue weighted by Gasteiger charge is -2.28. The van der Waals surface area contributed by atoms with Gasteiger partial charge in [0.25, 0.3) is 0 Å². The molecule has 3 rings (SSSR count). The lowest BCUT2D eigenvalue weighted by atomic mass is 9.78. The molecule has 0 fully saturated rings. The Morgan fingerprint density at radius 3 is 2.00 bits per heavy atom. The van der Waals surface area contributed by atoms with Gasteiger partial charge in [0.2, 0.25) is 0 Å². The Balaban J connectivity index is 2.13. The van der Waals surface area contributed by atoms with Crippen LogP contribution in [0.2, 0.25) is 0 Å². The Kier molecular flexibility index (Phi) is 4.80. The number of carbonyl (C=O) groups excluding carboxylic acids is 1. The third-order valence-corrected chi connectivity index (χ3v) is 5.31. The molecule has 2 nitrogen and oxygen atoms in total. The number of hydrogen-bond acceptors (Lipinski definition) is 2. The number of phenols is 1. The second-order valence-corrected chi connectivity index (χ2v) is 9.62. The van der Waals surface area contributed by atoms with Gasteiger partial charge in [0.05, 0.1) is 0 Å². The summed E-state index contributed by atoms with van der Waals surface area (Å²) in [4.78, 5) is 12.9. The van der Waals surface area contributed by atoms with E-state index in [1.165, 1.54) is 0 Å². The molecular formula is C25H30O2. The van der Waals surface area contributed by atoms with Crippen LogP contribution >= 0.6 is 0 Å². The van der Waals surface area contributed by atoms with Crippen molar-refractivity contribution < 1.29 is 9.90 Å². The number of rotatable bonds is 1. The first-order chi connectivity index (χ1) is 12.5. The molecule has 2 aromatic carbocycles. The lowest BCUT2D eigenvalue weighted by Crippen LogP contribution is -2.18. The van der Waals surface area contributed by atoms with E-state index in [0.717, 1.165) is 46.2 Å². The highest BCUT2D eigenvalue weighted by atomic mass is 16.3. The van der Waals surface area contributed by atoms with E-state index in [4.69, 9.17) is 0 Å². The zero-order chi connectivity index (χ0) is 20.0. The van der Waals surface area contributed by atoms with E-state index >= 15 is 0 Å². The van der Waals surface area contributed by atoms with Gasteiger partial charge in [0.1, 0.15) is 5.75 Å². The standard InChI is InChI=1S/C25H30O2/c1-24(2,3)20-14-16(15-21(23(20)27)25(4,5)6)13-18-12-11-17-9-7-8-10-19(17)22(18)26/h7-10,13-15,27H,11-12H2,1-6H3/b18-13-. The minimum Gasteiger partial charge on any atom is -0.507 e. The molecule has 1 aliphatic carbocycles. The Labute approximate surface area is 162 Å². The maximum Gasteiger partial charge on any atom is 0.189 e. The van der Waals surface area contributed by atoms with Crippen LogP contribution in [-0.4, -0.2) is 10.9 Å². The number of aromatic hydroxyl groups is 1. The predicted octanol–water partition coefficient (Wildman–Crippen LogP) is 6.20. The summed E-state index contributed by atoms with van der Waals surface area (Å²) in [6.07, 6.45) is 3.67. The lowest BCUT2D eigenvalue weighted by molar-refractivity contribution is 0.102. The highest BCUT2D eigenvalue weighted by Crippen LogP contribution is 2.40. The molecule has 0 amide bonds. The van der Waals surface area contributed by atoms with Crippen molar-refractivity contribution in [2.24, 2.45) is 0 Å². The van der Waals surface area contributed by atoms with Gasteiger partial charge in [0, 0.05) is 22.3 Å². The fraction of sp³-hybridized carbons (Fsp3) is 0.400. The minimum atomic E-state index is -0.179. The number of Topliss-reactive ketones (excluding diaryl/α,β-unsaturated/α-hetero) is 1. The van der Waals surface area contributed by atoms with Crippen molar-refractivity contribution >= 4 is 11.9 Å². The first-order valence-corrected chi connectivity index (χ1v) is 9.69. The van der Waals surface area contributed by atoms with Gasteiger partial charge < -0.3 is 5.11 Å². The molecule has 0 aliphatic heterocycles. The molecule has 0 aromatic heterocycles. The maximum atomic E-state index is 12.9. The topological polar surface area (TPSA) is 37.3 Å². The summed E-state index contributed by atoms with van der Waals surface area (Å²) < 4.78 is 0. The van der Waals surface area contributed by atoms with Crippen molar-refractivity contribution in [2.45, 2.75) is 65.2 Å². The molecule has 0 heterocycles. The van der Waals surface area contributed by atoms with Gasteiger partial charge in [-0.15, -0.1) is 0 Å². The first-order valence-electron chi connectivity index (χ1n) is 9.69. The van der Waals surface area contributed by atoms with E-state index in [9.17, 15) is 9.90 Å². The molecule has 0 saturated heterocycles. The Bertz CT molecular complexity index is 883. The minimum absolute atomic E-state index is 0.125. The van der Waals surface area contributed by atoms with Gasteiger partial charge in [-0.2, -0.15) is 0 Å². The van der Waals surface area contributed by atoms with Gasteiger partial charge in [-0.1, -0.05) is 65.8 Å². The molecule has 2 aromatic rings. The van der Waals surface area contributed by atoms with Crippen LogP contribution in [0.15, 0.2) is 42.0 Å². The molecule has 0 saturated carbocycles. The quantitative estimate of drug-likeness (QED) is 0.613. The normalized spacial score (nSPS) is 16.5. The summed E-state index contributed by atoms with van der Waals surface area (Å²) in [6, 6.07) is 11.9. The summed E-state index contributed by atoms with van der Waals surface area (Å²) >= 11 is 0. The van der Waals surface area contributed by atoms with Crippen molar-refractivity contribution in [1.82, 2.24) is 0 Å². The van der Waals surface area contributed by atoms with Crippen LogP contribution in [0, 0.1) is 0 Å². The van der Waals surface area contributed by atoms with Crippen molar-refractivity contribution in [2.75, 3.05) is 0 Å². The second-order valence-electron chi connectivity index (χ2n) is 9.62. The summed E-state index contributed by atoms with van der Waals surface area (Å²) in [5.41, 5.74) is 5.28. The zero-order valence-corrected chi connectivity index (χ0v) is 17.3. The predicted molar refractivity (Wildman–Crippen MR) is 113 cm³/mol. The third kappa shape index (κ3) is 3.85. The molecule has 0 spiro atoms. The highest BCUT2D eigenvalue weighted by molar-refractivity contribution is 6.13. The van der Waals surface area contributed by atoms with Crippen LogP contribution in [0.5, 0.6) is 5.75 Å². The second kappa shape index (κ2) is 6.67. The molecule has 1 N–H and O–H groups in total. The SMILES string of the molecule is CC(C)(C)c1cc(/C=C2/CCc3ccccc3C2=O)cc(C(C)(C)C)c1O. The van der Waals surface area contributed by atoms with E-state index in [0.29, 0.717) is 5.75 Å². The molecule has 2 heteroatoms. The van der Waals surface area contributed by atoms with E-state index in [-0.39, 0.29) is 16.6 Å². The Morgan fingerprint density at radius 2 is 1.44 bits per heavy atom. The van der Waals surface area contributed by atoms with Crippen LogP contribution in [0.25, 0.3) is 6.08 Å². The fourth-order valence-electron chi connectivity index (χ4n) is 3.74. The van der Waals surface area contributed by atoms with Crippen LogP contribution in [0.3, 0.4) is 0 Å². The summed E-state index contributed by atoms with van der Waals surface area (Å²) in [6.45, 7) is 12.6. The largest absolute Gasteiger partial charge is 0.507 e. The Morgan fingerprint density at radius 1 is 0.889 bits per heavy atom. The van der Waals surface area contributed by atoms with Crippen molar-refractivity contribution in [3.05, 3.63) is 69.8 Å². The van der Waals surface area contributed by atoms with Crippen LogP contribution in [-0.2, 0) is 17.3 Å². The average molecular weight is 363 g/mol. The molecule has 0 bridgehead atoms. The van der Waals surface area contributed by atoms with Crippen LogP contribution < -0.4 is 0 Å². The van der Waals surface area contributed by atoms with Crippen molar-refractivity contribution in [3.8, 4) is 5.75 Å². The number of allylic oxidation sites excluding steroid dienone is 1. The average Bonchev–Trinajstić information content (AvgIpc) is 2.57. The van der Waals surface area contributed by atoms with Gasteiger partial charge >= 0.3 is 0 Å². The van der Waals surface area contributed by atoms with Gasteiger partial charge in [-0.25, -0.2) is 0 Å². The van der Waals surface area contributed by atoms with E-state index < -0.39 is 0 Å². The molecule has 1 aliphatic rings. The molecule has 0 atom stereocenters. The zero-order valence-electron chi connectivity index (χ0n) is 17.3. The molecular weight excluding hydrogens is 332 g/mol. The number of carbonyl (C=O) groups is 1. The van der Waals surface area contributed by atoms with Crippen LogP contribution in [0.1, 0.15) is 80.6 Å². The number of benzene rings is 2. The molecule has 27 heavy (non-hydrogen) atoms. The van der Waals surface area contributed by atoms with Gasteiger partial charge in [-0.05, 0) is 53.0 Å². The summed E-state index contributed by atoms with van der Waals surface area (Å²) in [5, 5.41) is 10.9. The van der Waals surface area contributed by atoms with Crippen molar-refractivity contribution in [1.29, 1.82) is 0 Å². The van der Waals surface area contributed by atoms with E-state index in [2.05, 4.69) is 41.5 Å². The molecule has 0 unspecified atom stereocenters. The van der Waals surface area contributed by atoms with E-state index in [1.807, 2.05) is 42.5 Å². The van der Waals surface area contributed by atoms with Gasteiger partial charge in [0.15, 0.2) is 5.78 Å². The van der Waals surface area contributed by atoms with Gasteiger partial charge in [-0.3, -0.25) is 4.79 Å². The maximum absolute atomic E-state index is 12.9. The number of aryl methyl sites for hydroxylation is 1. The van der Waals surface area contributed by atoms with Crippen molar-refractivity contribution in [3.63, 3.8) is 0 Å². The number of ketones is 1. The third-order valence-electron chi connectivity index (χ3n) is 5.31. The first kappa shape index (κ1) is 19.4. The monoisotopic (exact) mass is 362 g/mol. The Hall–Kier alpha value is -2.35. The highest BCUT2D eigenvalue weighted by Gasteiger charge is 2.27. The van der Waals surface area contributed by atoms with E-state index in [1.54, 1.807) is 0 Å². The molecule has 0 radical (unpaired) electrons. The summed E-state index contributed by atoms with van der Waals surface area (Å²) in [7, 11) is 0.